The third-order valence-electron chi connectivity index (χ3n) is 2.50. The van der Waals surface area contributed by atoms with E-state index < -0.39 is 0 Å². The molecule has 18 heavy (non-hydrogen) atoms. The minimum atomic E-state index is -0.165. The zero-order valence-corrected chi connectivity index (χ0v) is 10.7. The fourth-order valence-electron chi connectivity index (χ4n) is 1.60. The van der Waals surface area contributed by atoms with Gasteiger partial charge in [-0.15, -0.1) is 0 Å². The van der Waals surface area contributed by atoms with E-state index in [1.165, 1.54) is 0 Å². The van der Waals surface area contributed by atoms with E-state index >= 15 is 0 Å². The first-order chi connectivity index (χ1) is 8.70. The molecule has 1 amide bonds. The van der Waals surface area contributed by atoms with Crippen LogP contribution in [0, 0.1) is 0 Å². The average Bonchev–Trinajstić information content (AvgIpc) is 2.38. The Labute approximate surface area is 110 Å². The number of nitrogens with one attached hydrogen (secondary N) is 1. The molecule has 0 spiro atoms. The van der Waals surface area contributed by atoms with Gasteiger partial charge in [-0.25, -0.2) is 0 Å². The van der Waals surface area contributed by atoms with Crippen molar-refractivity contribution < 1.29 is 9.53 Å². The summed E-state index contributed by atoms with van der Waals surface area (Å²) < 4.78 is 4.87. The molecule has 5 heteroatoms. The lowest BCUT2D eigenvalue weighted by atomic mass is 10.1. The van der Waals surface area contributed by atoms with E-state index in [4.69, 9.17) is 16.3 Å². The van der Waals surface area contributed by atoms with E-state index in [1.54, 1.807) is 31.5 Å². The summed E-state index contributed by atoms with van der Waals surface area (Å²) in [5.41, 5.74) is 1.33. The average molecular weight is 265 g/mol. The fraction of sp³-hybridized carbons (Fsp3) is 0.231. The first-order valence-corrected chi connectivity index (χ1v) is 5.91. The maximum Gasteiger partial charge on any atom is 0.252 e. The zero-order chi connectivity index (χ0) is 13.0. The van der Waals surface area contributed by atoms with Crippen LogP contribution in [0.4, 0.5) is 0 Å². The highest BCUT2D eigenvalue weighted by Gasteiger charge is 2.06. The molecule has 0 saturated heterocycles. The van der Waals surface area contributed by atoms with Crippen LogP contribution in [0.2, 0.25) is 5.02 Å². The van der Waals surface area contributed by atoms with Crippen LogP contribution in [-0.4, -0.2) is 31.2 Å². The first-order valence-electron chi connectivity index (χ1n) is 5.53. The van der Waals surface area contributed by atoms with Crippen LogP contribution in [0.15, 0.2) is 30.5 Å². The summed E-state index contributed by atoms with van der Waals surface area (Å²) in [6.07, 6.45) is 1.55. The van der Waals surface area contributed by atoms with E-state index in [9.17, 15) is 4.79 Å². The second kappa shape index (κ2) is 5.80. The van der Waals surface area contributed by atoms with Gasteiger partial charge in [0.1, 0.15) is 0 Å². The van der Waals surface area contributed by atoms with Crippen molar-refractivity contribution in [2.24, 2.45) is 0 Å². The summed E-state index contributed by atoms with van der Waals surface area (Å²) in [4.78, 5) is 16.0. The lowest BCUT2D eigenvalue weighted by Gasteiger charge is -2.05. The fourth-order valence-corrected chi connectivity index (χ4v) is 1.78. The quantitative estimate of drug-likeness (QED) is 0.862. The first kappa shape index (κ1) is 12.8. The van der Waals surface area contributed by atoms with Gasteiger partial charge >= 0.3 is 0 Å². The lowest BCUT2D eigenvalue weighted by molar-refractivity contribution is 0.0937. The van der Waals surface area contributed by atoms with E-state index in [1.807, 2.05) is 6.07 Å². The second-order valence-electron chi connectivity index (χ2n) is 3.81. The third-order valence-corrected chi connectivity index (χ3v) is 2.73. The number of methoxy groups -OCH3 is 1. The van der Waals surface area contributed by atoms with E-state index in [0.717, 1.165) is 10.9 Å². The van der Waals surface area contributed by atoms with Gasteiger partial charge in [-0.2, -0.15) is 0 Å². The monoisotopic (exact) mass is 264 g/mol. The van der Waals surface area contributed by atoms with Gasteiger partial charge in [0.15, 0.2) is 0 Å². The number of nitrogens with zero attached hydrogens (tertiary/aromatic N) is 1. The molecule has 1 aromatic carbocycles. The van der Waals surface area contributed by atoms with Crippen LogP contribution < -0.4 is 5.32 Å². The summed E-state index contributed by atoms with van der Waals surface area (Å²) in [6.45, 7) is 0.960. The van der Waals surface area contributed by atoms with Crippen molar-refractivity contribution in [1.82, 2.24) is 10.3 Å². The summed E-state index contributed by atoms with van der Waals surface area (Å²) in [7, 11) is 1.59. The van der Waals surface area contributed by atoms with Crippen LogP contribution in [0.5, 0.6) is 0 Å². The number of benzene rings is 1. The molecule has 94 valence electrons. The number of carbonyl (C=O) groups is 1. The molecule has 4 nitrogen and oxygen atoms in total. The smallest absolute Gasteiger partial charge is 0.252 e. The number of pyridine rings is 1. The molecular weight excluding hydrogens is 252 g/mol. The number of amides is 1. The molecule has 2 aromatic rings. The number of rotatable bonds is 4. The Balaban J connectivity index is 2.21. The van der Waals surface area contributed by atoms with Crippen molar-refractivity contribution in [2.75, 3.05) is 20.3 Å². The van der Waals surface area contributed by atoms with Crippen molar-refractivity contribution in [3.8, 4) is 0 Å². The molecule has 1 aromatic heterocycles. The van der Waals surface area contributed by atoms with E-state index in [2.05, 4.69) is 10.3 Å². The van der Waals surface area contributed by atoms with Gasteiger partial charge in [0.2, 0.25) is 0 Å². The topological polar surface area (TPSA) is 51.2 Å². The van der Waals surface area contributed by atoms with Crippen molar-refractivity contribution in [3.05, 3.63) is 41.0 Å². The highest BCUT2D eigenvalue weighted by molar-refractivity contribution is 6.31. The molecule has 0 atom stereocenters. The number of hydrogen-bond donors (Lipinski definition) is 1. The van der Waals surface area contributed by atoms with Crippen molar-refractivity contribution in [1.29, 1.82) is 0 Å². The van der Waals surface area contributed by atoms with Gasteiger partial charge < -0.3 is 10.1 Å². The molecule has 0 aliphatic rings. The Hall–Kier alpha value is -1.65. The Kier molecular flexibility index (Phi) is 4.12. The van der Waals surface area contributed by atoms with Crippen LogP contribution in [0.3, 0.4) is 0 Å². The summed E-state index contributed by atoms with van der Waals surface area (Å²) >= 11 is 5.91. The minimum Gasteiger partial charge on any atom is -0.383 e. The maximum atomic E-state index is 11.8. The van der Waals surface area contributed by atoms with Gasteiger partial charge in [-0.3, -0.25) is 9.78 Å². The SMILES string of the molecule is COCCNC(=O)c1cnc2ccc(Cl)cc2c1. The minimum absolute atomic E-state index is 0.165. The van der Waals surface area contributed by atoms with Crippen LogP contribution >= 0.6 is 11.6 Å². The standard InChI is InChI=1S/C13H13ClN2O2/c1-18-5-4-15-13(17)10-6-9-7-11(14)2-3-12(9)16-8-10/h2-3,6-8H,4-5H2,1H3,(H,15,17). The molecule has 0 saturated carbocycles. The van der Waals surface area contributed by atoms with Gasteiger partial charge in [-0.1, -0.05) is 11.6 Å². The van der Waals surface area contributed by atoms with E-state index in [0.29, 0.717) is 23.7 Å². The lowest BCUT2D eigenvalue weighted by Crippen LogP contribution is -2.26. The molecule has 1 heterocycles. The second-order valence-corrected chi connectivity index (χ2v) is 4.25. The molecule has 0 unspecified atom stereocenters. The zero-order valence-electron chi connectivity index (χ0n) is 9.94. The maximum absolute atomic E-state index is 11.8. The molecule has 0 aliphatic heterocycles. The molecule has 0 fully saturated rings. The van der Waals surface area contributed by atoms with Crippen molar-refractivity contribution in [3.63, 3.8) is 0 Å². The predicted molar refractivity (Wildman–Crippen MR) is 71.0 cm³/mol. The van der Waals surface area contributed by atoms with E-state index in [-0.39, 0.29) is 5.91 Å². The summed E-state index contributed by atoms with van der Waals surface area (Å²) in [5.74, 6) is -0.165. The molecule has 0 bridgehead atoms. The number of carbonyl (C=O) groups excluding carboxylic acids is 1. The van der Waals surface area contributed by atoms with Crippen LogP contribution in [-0.2, 0) is 4.74 Å². The Morgan fingerprint density at radius 3 is 3.06 bits per heavy atom. The highest BCUT2D eigenvalue weighted by atomic mass is 35.5. The number of halogens is 1. The molecular formula is C13H13ClN2O2. The molecule has 0 radical (unpaired) electrons. The molecule has 0 aliphatic carbocycles. The van der Waals surface area contributed by atoms with Crippen LogP contribution in [0.25, 0.3) is 10.9 Å². The predicted octanol–water partition coefficient (Wildman–Crippen LogP) is 2.26. The van der Waals surface area contributed by atoms with Crippen LogP contribution in [0.1, 0.15) is 10.4 Å². The Morgan fingerprint density at radius 2 is 2.28 bits per heavy atom. The Bertz CT molecular complexity index is 572. The molecule has 2 rings (SSSR count). The van der Waals surface area contributed by atoms with Gasteiger partial charge in [0, 0.05) is 30.3 Å². The third kappa shape index (κ3) is 2.97. The van der Waals surface area contributed by atoms with Gasteiger partial charge in [0.05, 0.1) is 17.7 Å². The summed E-state index contributed by atoms with van der Waals surface area (Å²) in [5, 5.41) is 4.22. The van der Waals surface area contributed by atoms with Crippen molar-refractivity contribution in [2.45, 2.75) is 0 Å². The van der Waals surface area contributed by atoms with Gasteiger partial charge in [-0.05, 0) is 24.3 Å². The highest BCUT2D eigenvalue weighted by Crippen LogP contribution is 2.18. The largest absolute Gasteiger partial charge is 0.383 e. The van der Waals surface area contributed by atoms with Crippen molar-refractivity contribution >= 4 is 28.4 Å². The number of aromatic nitrogens is 1. The Morgan fingerprint density at radius 1 is 1.44 bits per heavy atom. The number of fused-ring (bicyclic) bond motifs is 1. The number of ether oxygens (including phenoxy) is 1. The molecule has 1 N–H and O–H groups in total. The summed E-state index contributed by atoms with van der Waals surface area (Å²) in [6, 6.07) is 7.16. The van der Waals surface area contributed by atoms with Gasteiger partial charge in [0.25, 0.3) is 5.91 Å². The number of hydrogen-bond acceptors (Lipinski definition) is 3. The normalized spacial score (nSPS) is 10.6.